The van der Waals surface area contributed by atoms with Crippen LogP contribution in [-0.4, -0.2) is 41.8 Å². The van der Waals surface area contributed by atoms with Crippen LogP contribution in [0.5, 0.6) is 17.2 Å². The van der Waals surface area contributed by atoms with Crippen molar-refractivity contribution in [3.8, 4) is 17.2 Å². The number of rotatable bonds is 6. The molecule has 6 heteroatoms. The summed E-state index contributed by atoms with van der Waals surface area (Å²) in [7, 11) is 0. The van der Waals surface area contributed by atoms with Crippen LogP contribution in [0.15, 0.2) is 48.7 Å². The van der Waals surface area contributed by atoms with Crippen LogP contribution in [0, 0.1) is 0 Å². The largest absolute Gasteiger partial charge is 0.491 e. The van der Waals surface area contributed by atoms with Gasteiger partial charge in [-0.2, -0.15) is 0 Å². The molecule has 0 spiro atoms. The number of ketones is 1. The van der Waals surface area contributed by atoms with Gasteiger partial charge >= 0.3 is 0 Å². The molecule has 0 saturated heterocycles. The van der Waals surface area contributed by atoms with Gasteiger partial charge in [-0.05, 0) is 30.3 Å². The Kier molecular flexibility index (Phi) is 4.03. The summed E-state index contributed by atoms with van der Waals surface area (Å²) < 4.78 is 16.5. The van der Waals surface area contributed by atoms with Crippen molar-refractivity contribution in [3.05, 3.63) is 54.2 Å². The molecule has 0 bridgehead atoms. The summed E-state index contributed by atoms with van der Waals surface area (Å²) in [5.74, 6) is 1.74. The Morgan fingerprint density at radius 1 is 1.16 bits per heavy atom. The van der Waals surface area contributed by atoms with E-state index in [4.69, 9.17) is 14.2 Å². The molecule has 6 nitrogen and oxygen atoms in total. The molecule has 0 aliphatic carbocycles. The summed E-state index contributed by atoms with van der Waals surface area (Å²) in [6.07, 6.45) is 1.06. The van der Waals surface area contributed by atoms with E-state index in [2.05, 4.69) is 4.98 Å². The van der Waals surface area contributed by atoms with E-state index in [-0.39, 0.29) is 25.6 Å². The molecule has 2 N–H and O–H groups in total. The minimum absolute atomic E-state index is 0.0334. The lowest BCUT2D eigenvalue weighted by Crippen LogP contribution is -2.25. The number of ether oxygens (including phenoxy) is 3. The lowest BCUT2D eigenvalue weighted by Gasteiger charge is -2.14. The van der Waals surface area contributed by atoms with Crippen LogP contribution in [0.3, 0.4) is 0 Å². The van der Waals surface area contributed by atoms with E-state index in [0.717, 1.165) is 10.9 Å². The second-order valence-corrected chi connectivity index (χ2v) is 5.84. The summed E-state index contributed by atoms with van der Waals surface area (Å²) in [6.45, 7) is 0.264. The molecule has 1 unspecified atom stereocenters. The number of carbonyl (C=O) groups excluding carboxylic acids is 1. The Hall–Kier alpha value is -2.99. The van der Waals surface area contributed by atoms with Gasteiger partial charge in [-0.1, -0.05) is 6.07 Å². The van der Waals surface area contributed by atoms with Crippen LogP contribution in [-0.2, 0) is 0 Å². The number of aliphatic hydroxyl groups is 1. The van der Waals surface area contributed by atoms with Crippen LogP contribution in [0.1, 0.15) is 10.4 Å². The van der Waals surface area contributed by atoms with Crippen molar-refractivity contribution in [2.45, 2.75) is 6.10 Å². The van der Waals surface area contributed by atoms with E-state index < -0.39 is 6.10 Å². The zero-order chi connectivity index (χ0) is 17.2. The van der Waals surface area contributed by atoms with E-state index >= 15 is 0 Å². The number of H-pyrrole nitrogens is 1. The van der Waals surface area contributed by atoms with Gasteiger partial charge in [0.25, 0.3) is 0 Å². The highest BCUT2D eigenvalue weighted by atomic mass is 16.5. The number of hydrogen-bond acceptors (Lipinski definition) is 5. The number of Topliss-reactive ketones (excluding diaryl/α,β-unsaturated/α-hetero) is 1. The quantitative estimate of drug-likeness (QED) is 0.721. The number of aromatic nitrogens is 1. The van der Waals surface area contributed by atoms with Crippen LogP contribution >= 0.6 is 0 Å². The molecule has 1 atom stereocenters. The summed E-state index contributed by atoms with van der Waals surface area (Å²) in [5.41, 5.74) is 1.55. The fourth-order valence-corrected chi connectivity index (χ4v) is 2.77. The summed E-state index contributed by atoms with van der Waals surface area (Å²) in [5, 5.41) is 11.1. The summed E-state index contributed by atoms with van der Waals surface area (Å²) in [6, 6.07) is 12.7. The summed E-state index contributed by atoms with van der Waals surface area (Å²) >= 11 is 0. The molecule has 2 aromatic carbocycles. The van der Waals surface area contributed by atoms with Gasteiger partial charge in [-0.25, -0.2) is 0 Å². The first-order valence-corrected chi connectivity index (χ1v) is 8.00. The average Bonchev–Trinajstić information content (AvgIpc) is 3.25. The van der Waals surface area contributed by atoms with Gasteiger partial charge in [0.15, 0.2) is 6.61 Å². The number of benzene rings is 2. The van der Waals surface area contributed by atoms with Crippen molar-refractivity contribution < 1.29 is 24.1 Å². The third-order valence-corrected chi connectivity index (χ3v) is 4.04. The molecule has 25 heavy (non-hydrogen) atoms. The van der Waals surface area contributed by atoms with E-state index in [1.54, 1.807) is 18.2 Å². The molecular weight excluding hydrogens is 322 g/mol. The van der Waals surface area contributed by atoms with Crippen molar-refractivity contribution in [3.63, 3.8) is 0 Å². The number of hydrogen-bond donors (Lipinski definition) is 2. The Balaban J connectivity index is 1.33. The number of fused-ring (bicyclic) bond motifs is 2. The van der Waals surface area contributed by atoms with E-state index in [1.165, 1.54) is 0 Å². The maximum Gasteiger partial charge on any atom is 0.203 e. The summed E-state index contributed by atoms with van der Waals surface area (Å²) in [4.78, 5) is 14.6. The molecule has 1 aliphatic rings. The van der Waals surface area contributed by atoms with Gasteiger partial charge in [0.05, 0.1) is 5.56 Å². The zero-order valence-electron chi connectivity index (χ0n) is 13.4. The SMILES string of the molecule is O=C1COc2cc(OCC(O)COc3cccc4[nH]ccc34)ccc21. The van der Waals surface area contributed by atoms with Gasteiger partial charge in [-0.3, -0.25) is 4.79 Å². The highest BCUT2D eigenvalue weighted by Crippen LogP contribution is 2.29. The number of nitrogens with one attached hydrogen (secondary N) is 1. The first kappa shape index (κ1) is 15.5. The van der Waals surface area contributed by atoms with Gasteiger partial charge in [0.2, 0.25) is 5.78 Å². The maximum absolute atomic E-state index is 11.5. The monoisotopic (exact) mass is 339 g/mol. The topological polar surface area (TPSA) is 80.8 Å². The Labute approximate surface area is 143 Å². The standard InChI is InChI=1S/C19H17NO5/c21-12(10-24-18-3-1-2-16-14(18)6-7-20-16)9-23-13-4-5-15-17(22)11-25-19(15)8-13/h1-8,12,20-21H,9-11H2. The van der Waals surface area contributed by atoms with Crippen molar-refractivity contribution in [1.82, 2.24) is 4.98 Å². The molecule has 1 aliphatic heterocycles. The molecule has 1 aromatic heterocycles. The Bertz CT molecular complexity index is 917. The number of aliphatic hydroxyl groups excluding tert-OH is 1. The average molecular weight is 339 g/mol. The fourth-order valence-electron chi connectivity index (χ4n) is 2.77. The molecular formula is C19H17NO5. The number of aromatic amines is 1. The van der Waals surface area contributed by atoms with E-state index in [0.29, 0.717) is 22.8 Å². The maximum atomic E-state index is 11.5. The minimum atomic E-state index is -0.787. The van der Waals surface area contributed by atoms with Crippen LogP contribution < -0.4 is 14.2 Å². The molecule has 3 aromatic rings. The van der Waals surface area contributed by atoms with Crippen molar-refractivity contribution in [2.24, 2.45) is 0 Å². The van der Waals surface area contributed by atoms with Crippen LogP contribution in [0.2, 0.25) is 0 Å². The second kappa shape index (κ2) is 6.49. The zero-order valence-corrected chi connectivity index (χ0v) is 13.4. The van der Waals surface area contributed by atoms with Gasteiger partial charge in [-0.15, -0.1) is 0 Å². The first-order chi connectivity index (χ1) is 12.2. The Morgan fingerprint density at radius 2 is 2.04 bits per heavy atom. The minimum Gasteiger partial charge on any atom is -0.491 e. The van der Waals surface area contributed by atoms with Crippen LogP contribution in [0.4, 0.5) is 0 Å². The van der Waals surface area contributed by atoms with Crippen LogP contribution in [0.25, 0.3) is 10.9 Å². The normalized spacial score (nSPS) is 14.2. The lowest BCUT2D eigenvalue weighted by molar-refractivity contribution is 0.0631. The third-order valence-electron chi connectivity index (χ3n) is 4.04. The van der Waals surface area contributed by atoms with Gasteiger partial charge in [0.1, 0.15) is 36.6 Å². The van der Waals surface area contributed by atoms with Crippen molar-refractivity contribution in [2.75, 3.05) is 19.8 Å². The third kappa shape index (κ3) is 3.16. The predicted octanol–water partition coefficient (Wildman–Crippen LogP) is 2.56. The fraction of sp³-hybridized carbons (Fsp3) is 0.211. The first-order valence-electron chi connectivity index (χ1n) is 8.00. The van der Waals surface area contributed by atoms with Crippen molar-refractivity contribution >= 4 is 16.7 Å². The highest BCUT2D eigenvalue weighted by molar-refractivity contribution is 6.02. The van der Waals surface area contributed by atoms with E-state index in [9.17, 15) is 9.90 Å². The molecule has 0 radical (unpaired) electrons. The lowest BCUT2D eigenvalue weighted by atomic mass is 10.1. The van der Waals surface area contributed by atoms with Gasteiger partial charge < -0.3 is 24.3 Å². The number of carbonyl (C=O) groups is 1. The highest BCUT2D eigenvalue weighted by Gasteiger charge is 2.21. The molecule has 0 saturated carbocycles. The van der Waals surface area contributed by atoms with Gasteiger partial charge in [0, 0.05) is 23.2 Å². The Morgan fingerprint density at radius 3 is 2.96 bits per heavy atom. The molecule has 0 amide bonds. The van der Waals surface area contributed by atoms with E-state index in [1.807, 2.05) is 30.5 Å². The molecule has 2 heterocycles. The van der Waals surface area contributed by atoms with Crippen molar-refractivity contribution in [1.29, 1.82) is 0 Å². The molecule has 0 fully saturated rings. The smallest absolute Gasteiger partial charge is 0.203 e. The molecule has 128 valence electrons. The second-order valence-electron chi connectivity index (χ2n) is 5.84. The molecule has 4 rings (SSSR count). The predicted molar refractivity (Wildman–Crippen MR) is 91.6 cm³/mol.